The summed E-state index contributed by atoms with van der Waals surface area (Å²) in [5, 5.41) is 8.30. The van der Waals surface area contributed by atoms with E-state index >= 15 is 0 Å². The zero-order chi connectivity index (χ0) is 24.1. The highest BCUT2D eigenvalue weighted by molar-refractivity contribution is 8.00. The molecule has 1 atom stereocenters. The number of hydrogen-bond acceptors (Lipinski definition) is 5. The normalized spacial score (nSPS) is 11.6. The fraction of sp³-hybridized carbons (Fsp3) is 0.0800. The van der Waals surface area contributed by atoms with Gasteiger partial charge < -0.3 is 10.6 Å². The lowest BCUT2D eigenvalue weighted by Crippen LogP contribution is -2.22. The van der Waals surface area contributed by atoms with Gasteiger partial charge in [0, 0.05) is 32.1 Å². The van der Waals surface area contributed by atoms with Crippen LogP contribution in [0.5, 0.6) is 0 Å². The lowest BCUT2D eigenvalue weighted by atomic mass is 10.2. The van der Waals surface area contributed by atoms with Crippen molar-refractivity contribution in [3.05, 3.63) is 94.6 Å². The van der Waals surface area contributed by atoms with E-state index in [9.17, 15) is 14.0 Å². The largest absolute Gasteiger partial charge is 0.322 e. The number of amides is 2. The van der Waals surface area contributed by atoms with Crippen LogP contribution in [0.1, 0.15) is 17.3 Å². The first kappa shape index (κ1) is 23.9. The third kappa shape index (κ3) is 6.22. The van der Waals surface area contributed by atoms with Crippen LogP contribution in [0.25, 0.3) is 11.3 Å². The van der Waals surface area contributed by atoms with E-state index in [1.165, 1.54) is 47.4 Å². The molecule has 1 heterocycles. The van der Waals surface area contributed by atoms with E-state index in [0.29, 0.717) is 21.4 Å². The zero-order valence-corrected chi connectivity index (χ0v) is 20.3. The Morgan fingerprint density at radius 2 is 1.76 bits per heavy atom. The third-order valence-electron chi connectivity index (χ3n) is 4.75. The highest BCUT2D eigenvalue weighted by atomic mass is 35.5. The van der Waals surface area contributed by atoms with Crippen molar-refractivity contribution in [3.63, 3.8) is 0 Å². The van der Waals surface area contributed by atoms with Gasteiger partial charge in [-0.2, -0.15) is 0 Å². The van der Waals surface area contributed by atoms with E-state index < -0.39 is 11.1 Å². The molecule has 2 N–H and O–H groups in total. The average molecular weight is 512 g/mol. The number of rotatable bonds is 7. The fourth-order valence-corrected chi connectivity index (χ4v) is 4.78. The van der Waals surface area contributed by atoms with Crippen LogP contribution < -0.4 is 10.6 Å². The standard InChI is InChI=1S/C25H19ClFN3O2S2/c1-15(23(31)30-25-29-22(14-33-25)16-5-9-18(26)10-6-16)34-21-4-2-3-20(13-21)28-24(32)17-7-11-19(27)12-8-17/h2-15H,1H3,(H,28,32)(H,29,30,31). The molecule has 0 saturated heterocycles. The van der Waals surface area contributed by atoms with Crippen molar-refractivity contribution < 1.29 is 14.0 Å². The summed E-state index contributed by atoms with van der Waals surface area (Å²) in [5.74, 6) is -0.919. The lowest BCUT2D eigenvalue weighted by Gasteiger charge is -2.12. The quantitative estimate of drug-likeness (QED) is 0.263. The molecular weight excluding hydrogens is 493 g/mol. The van der Waals surface area contributed by atoms with Crippen LogP contribution >= 0.6 is 34.7 Å². The van der Waals surface area contributed by atoms with Crippen LogP contribution in [0.15, 0.2) is 83.1 Å². The van der Waals surface area contributed by atoms with Crippen molar-refractivity contribution in [2.45, 2.75) is 17.1 Å². The number of nitrogens with one attached hydrogen (secondary N) is 2. The van der Waals surface area contributed by atoms with Crippen molar-refractivity contribution in [2.24, 2.45) is 0 Å². The molecule has 3 aromatic carbocycles. The molecule has 5 nitrogen and oxygen atoms in total. The second-order valence-corrected chi connectivity index (χ2v) is 9.99. The second kappa shape index (κ2) is 10.8. The third-order valence-corrected chi connectivity index (χ3v) is 6.86. The summed E-state index contributed by atoms with van der Waals surface area (Å²) >= 11 is 8.65. The van der Waals surface area contributed by atoms with Gasteiger partial charge in [0.25, 0.3) is 5.91 Å². The molecule has 0 aliphatic carbocycles. The minimum absolute atomic E-state index is 0.178. The average Bonchev–Trinajstić information content (AvgIpc) is 3.28. The first-order chi connectivity index (χ1) is 16.4. The molecule has 0 spiro atoms. The molecule has 0 radical (unpaired) electrons. The molecule has 4 aromatic rings. The maximum Gasteiger partial charge on any atom is 0.255 e. The maximum absolute atomic E-state index is 13.1. The predicted molar refractivity (Wildman–Crippen MR) is 137 cm³/mol. The highest BCUT2D eigenvalue weighted by Gasteiger charge is 2.17. The minimum atomic E-state index is -0.402. The van der Waals surface area contributed by atoms with Gasteiger partial charge in [0.05, 0.1) is 10.9 Å². The molecule has 0 saturated carbocycles. The molecule has 9 heteroatoms. The molecule has 1 unspecified atom stereocenters. The van der Waals surface area contributed by atoms with Crippen LogP contribution in [0.2, 0.25) is 5.02 Å². The summed E-state index contributed by atoms with van der Waals surface area (Å²) in [5.41, 5.74) is 2.62. The molecule has 1 aromatic heterocycles. The predicted octanol–water partition coefficient (Wildman–Crippen LogP) is 6.97. The molecule has 0 aliphatic heterocycles. The Morgan fingerprint density at radius 1 is 1.03 bits per heavy atom. The summed E-state index contributed by atoms with van der Waals surface area (Å²) in [6, 6.07) is 19.9. The molecule has 0 fully saturated rings. The molecule has 0 bridgehead atoms. The van der Waals surface area contributed by atoms with Crippen molar-refractivity contribution in [3.8, 4) is 11.3 Å². The summed E-state index contributed by atoms with van der Waals surface area (Å²) in [6.07, 6.45) is 0. The first-order valence-corrected chi connectivity index (χ1v) is 12.4. The van der Waals surface area contributed by atoms with Gasteiger partial charge in [-0.05, 0) is 61.5 Å². The molecular formula is C25H19ClFN3O2S2. The summed E-state index contributed by atoms with van der Waals surface area (Å²) in [6.45, 7) is 1.80. The van der Waals surface area contributed by atoms with Crippen molar-refractivity contribution in [1.29, 1.82) is 0 Å². The Labute approximate surface area is 209 Å². The lowest BCUT2D eigenvalue weighted by molar-refractivity contribution is -0.115. The topological polar surface area (TPSA) is 71.1 Å². The zero-order valence-electron chi connectivity index (χ0n) is 17.9. The monoisotopic (exact) mass is 511 g/mol. The van der Waals surface area contributed by atoms with Crippen molar-refractivity contribution in [2.75, 3.05) is 10.6 Å². The number of anilines is 2. The van der Waals surface area contributed by atoms with Gasteiger partial charge in [-0.3, -0.25) is 9.59 Å². The summed E-state index contributed by atoms with van der Waals surface area (Å²) in [4.78, 5) is 30.4. The molecule has 0 aliphatic rings. The second-order valence-electron chi connectivity index (χ2n) is 7.28. The number of thioether (sulfide) groups is 1. The van der Waals surface area contributed by atoms with Gasteiger partial charge in [-0.15, -0.1) is 23.1 Å². The Bertz CT molecular complexity index is 1310. The van der Waals surface area contributed by atoms with Gasteiger partial charge in [0.15, 0.2) is 5.13 Å². The number of carbonyl (C=O) groups excluding carboxylic acids is 2. The van der Waals surface area contributed by atoms with Gasteiger partial charge in [-0.25, -0.2) is 9.37 Å². The molecule has 172 valence electrons. The van der Waals surface area contributed by atoms with E-state index in [4.69, 9.17) is 11.6 Å². The first-order valence-electron chi connectivity index (χ1n) is 10.2. The Kier molecular flexibility index (Phi) is 7.62. The molecule has 2 amide bonds. The number of nitrogens with zero attached hydrogens (tertiary/aromatic N) is 1. The van der Waals surface area contributed by atoms with Gasteiger partial charge >= 0.3 is 0 Å². The van der Waals surface area contributed by atoms with Crippen molar-refractivity contribution >= 4 is 57.3 Å². The number of hydrogen-bond donors (Lipinski definition) is 2. The van der Waals surface area contributed by atoms with Gasteiger partial charge in [0.1, 0.15) is 5.82 Å². The maximum atomic E-state index is 13.1. The Hall–Kier alpha value is -3.20. The minimum Gasteiger partial charge on any atom is -0.322 e. The van der Waals surface area contributed by atoms with Gasteiger partial charge in [0.2, 0.25) is 5.91 Å². The number of thiazole rings is 1. The molecule has 34 heavy (non-hydrogen) atoms. The van der Waals surface area contributed by atoms with Crippen LogP contribution in [0.3, 0.4) is 0 Å². The number of halogens is 2. The number of benzene rings is 3. The van der Waals surface area contributed by atoms with E-state index in [0.717, 1.165) is 16.2 Å². The van der Waals surface area contributed by atoms with E-state index in [-0.39, 0.29) is 11.8 Å². The van der Waals surface area contributed by atoms with E-state index in [1.807, 2.05) is 23.6 Å². The van der Waals surface area contributed by atoms with E-state index in [2.05, 4.69) is 15.6 Å². The highest BCUT2D eigenvalue weighted by Crippen LogP contribution is 2.29. The van der Waals surface area contributed by atoms with Crippen LogP contribution in [0.4, 0.5) is 15.2 Å². The molecule has 4 rings (SSSR count). The van der Waals surface area contributed by atoms with Crippen LogP contribution in [0, 0.1) is 5.82 Å². The van der Waals surface area contributed by atoms with Crippen LogP contribution in [-0.4, -0.2) is 22.0 Å². The van der Waals surface area contributed by atoms with Crippen molar-refractivity contribution in [1.82, 2.24) is 4.98 Å². The summed E-state index contributed by atoms with van der Waals surface area (Å²) in [7, 11) is 0. The number of carbonyl (C=O) groups is 2. The number of aromatic nitrogens is 1. The van der Waals surface area contributed by atoms with Gasteiger partial charge in [-0.1, -0.05) is 29.8 Å². The fourth-order valence-electron chi connectivity index (χ4n) is 3.00. The summed E-state index contributed by atoms with van der Waals surface area (Å²) < 4.78 is 13.1. The smallest absolute Gasteiger partial charge is 0.255 e. The Balaban J connectivity index is 1.35. The Morgan fingerprint density at radius 3 is 2.50 bits per heavy atom. The van der Waals surface area contributed by atoms with E-state index in [1.54, 1.807) is 37.3 Å². The van der Waals surface area contributed by atoms with Crippen LogP contribution in [-0.2, 0) is 4.79 Å². The SMILES string of the molecule is CC(Sc1cccc(NC(=O)c2ccc(F)cc2)c1)C(=O)Nc1nc(-c2ccc(Cl)cc2)cs1.